The van der Waals surface area contributed by atoms with Crippen molar-refractivity contribution in [2.45, 2.75) is 27.7 Å². The van der Waals surface area contributed by atoms with Crippen molar-refractivity contribution in [3.05, 3.63) is 350 Å². The average Bonchev–Trinajstić information content (AvgIpc) is 1.56. The molecule has 0 saturated heterocycles. The van der Waals surface area contributed by atoms with Gasteiger partial charge in [0, 0.05) is 109 Å². The van der Waals surface area contributed by atoms with Gasteiger partial charge in [-0.1, -0.05) is 169 Å². The van der Waals surface area contributed by atoms with Gasteiger partial charge in [-0.25, -0.2) is 0 Å². The number of thiophene rings is 2. The summed E-state index contributed by atoms with van der Waals surface area (Å²) in [4.78, 5) is 9.54. The summed E-state index contributed by atoms with van der Waals surface area (Å²) < 4.78 is 5.17. The number of para-hydroxylation sites is 3. The van der Waals surface area contributed by atoms with Crippen molar-refractivity contribution >= 4 is 174 Å². The molecule has 0 aliphatic carbocycles. The van der Waals surface area contributed by atoms with E-state index in [4.69, 9.17) is 0 Å². The lowest BCUT2D eigenvalue weighted by Crippen LogP contribution is -2.10. The molecule has 0 fully saturated rings. The van der Waals surface area contributed by atoms with Crippen molar-refractivity contribution < 1.29 is 0 Å². The highest BCUT2D eigenvalue weighted by atomic mass is 32.1. The molecule has 6 heteroatoms. The van der Waals surface area contributed by atoms with E-state index in [9.17, 15) is 0 Å². The molecule has 466 valence electrons. The van der Waals surface area contributed by atoms with Crippen LogP contribution >= 0.6 is 22.7 Å². The minimum atomic E-state index is 1.09. The molecule has 4 nitrogen and oxygen atoms in total. The van der Waals surface area contributed by atoms with Gasteiger partial charge in [0.15, 0.2) is 0 Å². The van der Waals surface area contributed by atoms with E-state index in [0.29, 0.717) is 0 Å². The van der Waals surface area contributed by atoms with Gasteiger partial charge >= 0.3 is 0 Å². The highest BCUT2D eigenvalue weighted by Gasteiger charge is 2.23. The Morgan fingerprint density at radius 2 is 0.500 bits per heavy atom. The largest absolute Gasteiger partial charge is 0.310 e. The maximum absolute atomic E-state index is 2.42. The molecule has 0 spiro atoms. The Balaban J connectivity index is 0.690. The van der Waals surface area contributed by atoms with Crippen LogP contribution in [0.3, 0.4) is 0 Å². The van der Waals surface area contributed by atoms with Gasteiger partial charge in [-0.05, 0) is 263 Å². The molecule has 16 aromatic carbocycles. The molecule has 0 radical (unpaired) electrons. The number of benzene rings is 16. The minimum Gasteiger partial charge on any atom is -0.310 e. The smallest absolute Gasteiger partial charge is 0.0468 e. The van der Waals surface area contributed by atoms with E-state index in [1.807, 2.05) is 22.7 Å². The SMILES string of the molecule is Cc1ccc(N(c2ccccc2)c2ccc3c(ccc4sc5ccc6cc(N(c7ccc(C)cc7)c7cccc(-c8ccc(N(c9ccccc9)c9ccc%10c(ccc%11sc%12ccc%13cc(N(c%14ccccc%14)c%14cccc(C)c%14)ccc%13c%12c%11%10)c9)cc8C)c7)ccc6c5c43)c2)cc1. The van der Waals surface area contributed by atoms with Gasteiger partial charge in [0.1, 0.15) is 0 Å². The van der Waals surface area contributed by atoms with Crippen LogP contribution in [0.4, 0.5) is 68.2 Å². The molecule has 2 heterocycles. The Labute approximate surface area is 578 Å². The van der Waals surface area contributed by atoms with Crippen LogP contribution in [0, 0.1) is 27.7 Å². The second-order valence-electron chi connectivity index (χ2n) is 26.0. The number of aryl methyl sites for hydroxylation is 4. The molecule has 0 saturated carbocycles. The molecule has 18 aromatic rings. The fraction of sp³-hybridized carbons (Fsp3) is 0.0435. The summed E-state index contributed by atoms with van der Waals surface area (Å²) in [5.41, 5.74) is 20.6. The van der Waals surface area contributed by atoms with Gasteiger partial charge in [-0.3, -0.25) is 0 Å². The third kappa shape index (κ3) is 10.4. The van der Waals surface area contributed by atoms with Crippen molar-refractivity contribution in [1.82, 2.24) is 0 Å². The number of anilines is 12. The Bertz CT molecular complexity index is 6120. The summed E-state index contributed by atoms with van der Waals surface area (Å²) in [6, 6.07) is 121. The van der Waals surface area contributed by atoms with Crippen molar-refractivity contribution in [1.29, 1.82) is 0 Å². The molecule has 2 aromatic heterocycles. The van der Waals surface area contributed by atoms with Crippen molar-refractivity contribution in [3.63, 3.8) is 0 Å². The van der Waals surface area contributed by atoms with Crippen LogP contribution in [0.25, 0.3) is 94.6 Å². The van der Waals surface area contributed by atoms with Gasteiger partial charge in [-0.15, -0.1) is 22.7 Å². The molecule has 0 amide bonds. The van der Waals surface area contributed by atoms with E-state index in [1.54, 1.807) is 0 Å². The van der Waals surface area contributed by atoms with Gasteiger partial charge < -0.3 is 19.6 Å². The van der Waals surface area contributed by atoms with E-state index < -0.39 is 0 Å². The fourth-order valence-corrected chi connectivity index (χ4v) is 17.2. The summed E-state index contributed by atoms with van der Waals surface area (Å²) in [6.07, 6.45) is 0. The Morgan fingerprint density at radius 1 is 0.204 bits per heavy atom. The highest BCUT2D eigenvalue weighted by Crippen LogP contribution is 2.49. The Morgan fingerprint density at radius 3 is 0.867 bits per heavy atom. The number of rotatable bonds is 13. The number of hydrogen-bond acceptors (Lipinski definition) is 6. The normalized spacial score (nSPS) is 11.7. The molecule has 0 aliphatic heterocycles. The molecule has 0 bridgehead atoms. The van der Waals surface area contributed by atoms with Gasteiger partial charge in [0.2, 0.25) is 0 Å². The van der Waals surface area contributed by atoms with Crippen molar-refractivity contribution in [2.24, 2.45) is 0 Å². The zero-order chi connectivity index (χ0) is 65.5. The molecule has 0 N–H and O–H groups in total. The molecule has 0 unspecified atom stereocenters. The minimum absolute atomic E-state index is 1.09. The van der Waals surface area contributed by atoms with E-state index in [2.05, 4.69) is 375 Å². The predicted molar refractivity (Wildman–Crippen MR) is 425 cm³/mol. The summed E-state index contributed by atoms with van der Waals surface area (Å²) in [5.74, 6) is 0. The first-order valence-electron chi connectivity index (χ1n) is 33.6. The lowest BCUT2D eigenvalue weighted by Gasteiger charge is -2.27. The average molecular weight is 1290 g/mol. The fourth-order valence-electron chi connectivity index (χ4n) is 15.0. The Kier molecular flexibility index (Phi) is 14.5. The summed E-state index contributed by atoms with van der Waals surface area (Å²) >= 11 is 3.76. The first-order valence-corrected chi connectivity index (χ1v) is 35.2. The third-order valence-corrected chi connectivity index (χ3v) is 21.8. The van der Waals surface area contributed by atoms with Gasteiger partial charge in [-0.2, -0.15) is 0 Å². The van der Waals surface area contributed by atoms with E-state index in [0.717, 1.165) is 73.8 Å². The summed E-state index contributed by atoms with van der Waals surface area (Å²) in [7, 11) is 0. The first kappa shape index (κ1) is 58.8. The summed E-state index contributed by atoms with van der Waals surface area (Å²) in [5, 5.41) is 15.1. The monoisotopic (exact) mass is 1290 g/mol. The van der Waals surface area contributed by atoms with Crippen molar-refractivity contribution in [2.75, 3.05) is 19.6 Å². The predicted octanol–water partition coefficient (Wildman–Crippen LogP) is 27.8. The number of fused-ring (bicyclic) bond motifs is 14. The van der Waals surface area contributed by atoms with Crippen LogP contribution in [0.15, 0.2) is 328 Å². The third-order valence-electron chi connectivity index (χ3n) is 19.6. The number of hydrogen-bond donors (Lipinski definition) is 0. The standard InChI is InChI=1S/C92H66N4S2/c1-59-26-34-71(35-27-59)93(68-18-8-5-9-19-68)76-39-44-81-64(55-76)30-48-85-89(81)92-84-47-42-79(58-67(84)33-51-88(92)97-85)96(72-36-28-60(2)29-37-72)74-25-15-17-63(54-74)80-43-38-75(53-62(80)4)95(70-22-12-7-13-23-70)78-41-46-83-66(57-78)32-50-87-91(83)90-82-45-40-77(56-65(82)31-49-86(90)98-87)94(69-20-10-6-11-21-69)73-24-14-16-61(3)52-73/h5-58H,1-4H3. The molecule has 98 heavy (non-hydrogen) atoms. The molecular weight excluding hydrogens is 1230 g/mol. The topological polar surface area (TPSA) is 13.0 Å². The van der Waals surface area contributed by atoms with Crippen LogP contribution in [-0.2, 0) is 0 Å². The quantitative estimate of drug-likeness (QED) is 0.114. The molecular formula is C92H66N4S2. The van der Waals surface area contributed by atoms with E-state index >= 15 is 0 Å². The number of nitrogens with zero attached hydrogens (tertiary/aromatic N) is 4. The zero-order valence-electron chi connectivity index (χ0n) is 54.8. The molecule has 0 atom stereocenters. The first-order chi connectivity index (χ1) is 48.2. The second kappa shape index (κ2) is 24.1. The van der Waals surface area contributed by atoms with Crippen LogP contribution in [0.5, 0.6) is 0 Å². The van der Waals surface area contributed by atoms with Crippen molar-refractivity contribution in [3.8, 4) is 11.1 Å². The van der Waals surface area contributed by atoms with E-state index in [1.165, 1.54) is 111 Å². The Hall–Kier alpha value is -11.8. The maximum Gasteiger partial charge on any atom is 0.0468 e. The van der Waals surface area contributed by atoms with E-state index in [-0.39, 0.29) is 0 Å². The van der Waals surface area contributed by atoms with Gasteiger partial charge in [0.25, 0.3) is 0 Å². The van der Waals surface area contributed by atoms with Crippen LogP contribution in [0.2, 0.25) is 0 Å². The molecule has 0 aliphatic rings. The second-order valence-corrected chi connectivity index (χ2v) is 28.2. The van der Waals surface area contributed by atoms with Crippen LogP contribution in [-0.4, -0.2) is 0 Å². The maximum atomic E-state index is 2.42. The molecule has 18 rings (SSSR count). The van der Waals surface area contributed by atoms with Crippen LogP contribution in [0.1, 0.15) is 22.3 Å². The summed E-state index contributed by atoms with van der Waals surface area (Å²) in [6.45, 7) is 8.72. The zero-order valence-corrected chi connectivity index (χ0v) is 56.4. The lowest BCUT2D eigenvalue weighted by atomic mass is 9.97. The highest BCUT2D eigenvalue weighted by molar-refractivity contribution is 7.26. The van der Waals surface area contributed by atoms with Crippen LogP contribution < -0.4 is 19.6 Å². The lowest BCUT2D eigenvalue weighted by molar-refractivity contribution is 1.27. The van der Waals surface area contributed by atoms with Gasteiger partial charge in [0.05, 0.1) is 0 Å².